The maximum atomic E-state index is 12.8. The second-order valence-electron chi connectivity index (χ2n) is 5.91. The molecule has 134 valence electrons. The predicted molar refractivity (Wildman–Crippen MR) is 98.1 cm³/mol. The van der Waals surface area contributed by atoms with E-state index in [0.29, 0.717) is 30.4 Å². The van der Waals surface area contributed by atoms with Crippen LogP contribution in [0.4, 0.5) is 5.69 Å². The molecule has 0 bridgehead atoms. The Bertz CT molecular complexity index is 862. The van der Waals surface area contributed by atoms with E-state index < -0.39 is 10.0 Å². The molecule has 1 aliphatic carbocycles. The molecule has 0 spiro atoms. The Morgan fingerprint density at radius 2 is 1.72 bits per heavy atom. The normalized spacial score (nSPS) is 13.4. The second kappa shape index (κ2) is 7.35. The van der Waals surface area contributed by atoms with E-state index in [1.54, 1.807) is 30.3 Å². The molecule has 25 heavy (non-hydrogen) atoms. The zero-order valence-corrected chi connectivity index (χ0v) is 15.4. The fraction of sp³-hybridized carbons (Fsp3) is 0.368. The number of rotatable bonds is 7. The summed E-state index contributed by atoms with van der Waals surface area (Å²) in [6.07, 6.45) is 3.04. The van der Waals surface area contributed by atoms with Crippen molar-refractivity contribution < 1.29 is 17.9 Å². The van der Waals surface area contributed by atoms with Crippen LogP contribution in [0.15, 0.2) is 41.3 Å². The lowest BCUT2D eigenvalue weighted by molar-refractivity contribution is 0.332. The third-order valence-electron chi connectivity index (χ3n) is 4.19. The highest BCUT2D eigenvalue weighted by Crippen LogP contribution is 2.32. The molecule has 3 rings (SSSR count). The molecule has 0 atom stereocenters. The van der Waals surface area contributed by atoms with Crippen molar-refractivity contribution in [2.45, 2.75) is 38.0 Å². The lowest BCUT2D eigenvalue weighted by Crippen LogP contribution is -2.14. The lowest BCUT2D eigenvalue weighted by Gasteiger charge is -2.15. The number of fused-ring (bicyclic) bond motifs is 1. The Kier molecular flexibility index (Phi) is 5.18. The number of sulfonamides is 1. The van der Waals surface area contributed by atoms with Crippen molar-refractivity contribution in [2.75, 3.05) is 17.9 Å². The summed E-state index contributed by atoms with van der Waals surface area (Å²) in [7, 11) is -3.69. The summed E-state index contributed by atoms with van der Waals surface area (Å²) in [6.45, 7) is 4.69. The van der Waals surface area contributed by atoms with Gasteiger partial charge in [0.2, 0.25) is 0 Å². The Labute approximate surface area is 149 Å². The van der Waals surface area contributed by atoms with Crippen LogP contribution in [0.5, 0.6) is 11.5 Å². The van der Waals surface area contributed by atoms with Crippen molar-refractivity contribution in [3.8, 4) is 11.5 Å². The quantitative estimate of drug-likeness (QED) is 0.815. The smallest absolute Gasteiger partial charge is 0.262 e. The van der Waals surface area contributed by atoms with Crippen molar-refractivity contribution >= 4 is 15.7 Å². The minimum Gasteiger partial charge on any atom is -0.494 e. The topological polar surface area (TPSA) is 64.6 Å². The third-order valence-corrected chi connectivity index (χ3v) is 5.55. The Balaban J connectivity index is 1.92. The largest absolute Gasteiger partial charge is 0.494 e. The minimum absolute atomic E-state index is 0.275. The molecular weight excluding hydrogens is 338 g/mol. The molecule has 0 saturated carbocycles. The van der Waals surface area contributed by atoms with Gasteiger partial charge in [-0.05, 0) is 68.5 Å². The van der Waals surface area contributed by atoms with Gasteiger partial charge in [0.25, 0.3) is 10.0 Å². The molecule has 1 N–H and O–H groups in total. The van der Waals surface area contributed by atoms with E-state index in [1.807, 2.05) is 19.9 Å². The highest BCUT2D eigenvalue weighted by atomic mass is 32.2. The van der Waals surface area contributed by atoms with Gasteiger partial charge in [-0.15, -0.1) is 0 Å². The number of aryl methyl sites for hydroxylation is 2. The average Bonchev–Trinajstić information content (AvgIpc) is 3.05. The number of anilines is 1. The number of benzene rings is 2. The van der Waals surface area contributed by atoms with E-state index in [2.05, 4.69) is 4.72 Å². The molecule has 2 aromatic carbocycles. The van der Waals surface area contributed by atoms with E-state index in [1.165, 1.54) is 5.56 Å². The number of ether oxygens (including phenoxy) is 2. The molecular formula is C19H23NO4S. The van der Waals surface area contributed by atoms with Crippen LogP contribution in [0.2, 0.25) is 0 Å². The summed E-state index contributed by atoms with van der Waals surface area (Å²) < 4.78 is 39.3. The summed E-state index contributed by atoms with van der Waals surface area (Å²) in [4.78, 5) is 0.275. The van der Waals surface area contributed by atoms with E-state index in [-0.39, 0.29) is 4.90 Å². The zero-order valence-electron chi connectivity index (χ0n) is 14.5. The maximum absolute atomic E-state index is 12.8. The van der Waals surface area contributed by atoms with E-state index >= 15 is 0 Å². The Hall–Kier alpha value is -2.21. The molecule has 0 heterocycles. The van der Waals surface area contributed by atoms with Gasteiger partial charge < -0.3 is 9.47 Å². The summed E-state index contributed by atoms with van der Waals surface area (Å²) in [5, 5.41) is 0. The molecule has 0 fully saturated rings. The zero-order chi connectivity index (χ0) is 17.9. The Morgan fingerprint density at radius 3 is 2.48 bits per heavy atom. The molecule has 0 radical (unpaired) electrons. The fourth-order valence-corrected chi connectivity index (χ4v) is 4.16. The molecule has 6 heteroatoms. The predicted octanol–water partition coefficient (Wildman–Crippen LogP) is 3.77. The SMILES string of the molecule is CCOc1ccc(OCC)c(NS(=O)(=O)c2ccc3c(c2)CCC3)c1. The van der Waals surface area contributed by atoms with E-state index in [0.717, 1.165) is 24.8 Å². The van der Waals surface area contributed by atoms with Crippen LogP contribution in [-0.4, -0.2) is 21.6 Å². The van der Waals surface area contributed by atoms with E-state index in [4.69, 9.17) is 9.47 Å². The van der Waals surface area contributed by atoms with Crippen molar-refractivity contribution in [1.29, 1.82) is 0 Å². The molecule has 2 aromatic rings. The van der Waals surface area contributed by atoms with Gasteiger partial charge in [0.05, 0.1) is 23.8 Å². The highest BCUT2D eigenvalue weighted by Gasteiger charge is 2.20. The number of hydrogen-bond donors (Lipinski definition) is 1. The van der Waals surface area contributed by atoms with Crippen LogP contribution >= 0.6 is 0 Å². The number of nitrogens with one attached hydrogen (secondary N) is 1. The first-order chi connectivity index (χ1) is 12.0. The first-order valence-electron chi connectivity index (χ1n) is 8.57. The van der Waals surface area contributed by atoms with Crippen LogP contribution in [-0.2, 0) is 22.9 Å². The maximum Gasteiger partial charge on any atom is 0.262 e. The Morgan fingerprint density at radius 1 is 0.960 bits per heavy atom. The molecule has 0 amide bonds. The molecule has 0 aliphatic heterocycles. The van der Waals surface area contributed by atoms with Gasteiger partial charge in [-0.25, -0.2) is 8.42 Å². The first kappa shape index (κ1) is 17.6. The van der Waals surface area contributed by atoms with Gasteiger partial charge in [-0.3, -0.25) is 4.72 Å². The highest BCUT2D eigenvalue weighted by molar-refractivity contribution is 7.92. The molecule has 1 aliphatic rings. The van der Waals surface area contributed by atoms with Crippen LogP contribution in [0, 0.1) is 0 Å². The van der Waals surface area contributed by atoms with E-state index in [9.17, 15) is 8.42 Å². The summed E-state index contributed by atoms with van der Waals surface area (Å²) in [5.74, 6) is 1.08. The fourth-order valence-electron chi connectivity index (χ4n) is 3.05. The number of hydrogen-bond acceptors (Lipinski definition) is 4. The second-order valence-corrected chi connectivity index (χ2v) is 7.60. The lowest BCUT2D eigenvalue weighted by atomic mass is 10.1. The van der Waals surface area contributed by atoms with Crippen molar-refractivity contribution in [1.82, 2.24) is 0 Å². The first-order valence-corrected chi connectivity index (χ1v) is 10.1. The molecule has 0 saturated heterocycles. The van der Waals surface area contributed by atoms with Crippen molar-refractivity contribution in [3.63, 3.8) is 0 Å². The van der Waals surface area contributed by atoms with Crippen LogP contribution in [0.3, 0.4) is 0 Å². The average molecular weight is 361 g/mol. The van der Waals surface area contributed by atoms with Crippen LogP contribution < -0.4 is 14.2 Å². The third kappa shape index (κ3) is 3.90. The van der Waals surface area contributed by atoms with Gasteiger partial charge in [0.1, 0.15) is 11.5 Å². The van der Waals surface area contributed by atoms with Gasteiger partial charge in [0.15, 0.2) is 0 Å². The molecule has 0 aromatic heterocycles. The van der Waals surface area contributed by atoms with Gasteiger partial charge in [-0.2, -0.15) is 0 Å². The van der Waals surface area contributed by atoms with Gasteiger partial charge >= 0.3 is 0 Å². The van der Waals surface area contributed by atoms with Crippen molar-refractivity contribution in [3.05, 3.63) is 47.5 Å². The minimum atomic E-state index is -3.69. The summed E-state index contributed by atoms with van der Waals surface area (Å²) in [5.41, 5.74) is 2.75. The summed E-state index contributed by atoms with van der Waals surface area (Å²) in [6, 6.07) is 10.5. The van der Waals surface area contributed by atoms with Crippen LogP contribution in [0.1, 0.15) is 31.4 Å². The molecule has 0 unspecified atom stereocenters. The molecule has 5 nitrogen and oxygen atoms in total. The summed E-state index contributed by atoms with van der Waals surface area (Å²) >= 11 is 0. The van der Waals surface area contributed by atoms with Crippen molar-refractivity contribution in [2.24, 2.45) is 0 Å². The van der Waals surface area contributed by atoms with Gasteiger partial charge in [-0.1, -0.05) is 6.07 Å². The van der Waals surface area contributed by atoms with Gasteiger partial charge in [0, 0.05) is 6.07 Å². The standard InChI is InChI=1S/C19H23NO4S/c1-3-23-16-9-11-19(24-4-2)18(13-16)20-25(21,22)17-10-8-14-6-5-7-15(14)12-17/h8-13,20H,3-7H2,1-2H3. The van der Waals surface area contributed by atoms with Crippen LogP contribution in [0.25, 0.3) is 0 Å². The monoisotopic (exact) mass is 361 g/mol.